The quantitative estimate of drug-likeness (QED) is 0.922. The van der Waals surface area contributed by atoms with Crippen LogP contribution < -0.4 is 5.32 Å². The first kappa shape index (κ1) is 17.2. The van der Waals surface area contributed by atoms with Gasteiger partial charge in [0.2, 0.25) is 11.8 Å². The number of amides is 2. The van der Waals surface area contributed by atoms with E-state index in [4.69, 9.17) is 4.42 Å². The van der Waals surface area contributed by atoms with Crippen LogP contribution in [-0.2, 0) is 16.1 Å². The summed E-state index contributed by atoms with van der Waals surface area (Å²) in [5.41, 5.74) is 1.01. The van der Waals surface area contributed by atoms with Crippen molar-refractivity contribution >= 4 is 17.5 Å². The van der Waals surface area contributed by atoms with E-state index in [1.54, 1.807) is 11.0 Å². The fraction of sp³-hybridized carbons (Fsp3) is 0.368. The van der Waals surface area contributed by atoms with Gasteiger partial charge in [-0.1, -0.05) is 6.07 Å². The van der Waals surface area contributed by atoms with E-state index in [1.807, 2.05) is 32.9 Å². The zero-order valence-corrected chi connectivity index (χ0v) is 14.5. The lowest BCUT2D eigenvalue weighted by Gasteiger charge is -2.32. The summed E-state index contributed by atoms with van der Waals surface area (Å²) in [6.45, 7) is 6.02. The van der Waals surface area contributed by atoms with Crippen molar-refractivity contribution in [2.24, 2.45) is 0 Å². The highest BCUT2D eigenvalue weighted by Crippen LogP contribution is 2.34. The van der Waals surface area contributed by atoms with Crippen molar-refractivity contribution in [1.29, 1.82) is 0 Å². The third-order valence-electron chi connectivity index (χ3n) is 4.38. The van der Waals surface area contributed by atoms with Crippen molar-refractivity contribution in [2.75, 3.05) is 5.32 Å². The first-order chi connectivity index (χ1) is 11.8. The average molecular weight is 344 g/mol. The molecule has 132 valence electrons. The Hall–Kier alpha value is -2.63. The third kappa shape index (κ3) is 3.57. The molecule has 1 N–H and O–H groups in total. The normalized spacial score (nSPS) is 16.5. The van der Waals surface area contributed by atoms with E-state index in [2.05, 4.69) is 5.32 Å². The summed E-state index contributed by atoms with van der Waals surface area (Å²) < 4.78 is 19.1. The van der Waals surface area contributed by atoms with Crippen molar-refractivity contribution in [2.45, 2.75) is 45.7 Å². The molecule has 25 heavy (non-hydrogen) atoms. The van der Waals surface area contributed by atoms with E-state index in [9.17, 15) is 14.0 Å². The second kappa shape index (κ2) is 6.70. The number of rotatable bonds is 4. The van der Waals surface area contributed by atoms with Crippen molar-refractivity contribution in [3.63, 3.8) is 0 Å². The van der Waals surface area contributed by atoms with Crippen molar-refractivity contribution in [3.8, 4) is 0 Å². The van der Waals surface area contributed by atoms with E-state index in [0.717, 1.165) is 5.76 Å². The molecule has 0 fully saturated rings. The van der Waals surface area contributed by atoms with E-state index in [1.165, 1.54) is 12.1 Å². The molecule has 1 aromatic carbocycles. The molecule has 0 bridgehead atoms. The number of carbonyl (C=O) groups is 2. The lowest BCUT2D eigenvalue weighted by atomic mass is 9.89. The number of nitrogens with one attached hydrogen (secondary N) is 1. The Kier molecular flexibility index (Phi) is 4.61. The molecule has 0 saturated carbocycles. The number of hydrogen-bond acceptors (Lipinski definition) is 3. The number of fused-ring (bicyclic) bond motifs is 1. The highest BCUT2D eigenvalue weighted by molar-refractivity contribution is 6.01. The average Bonchev–Trinajstić information content (AvgIpc) is 2.95. The van der Waals surface area contributed by atoms with Gasteiger partial charge in [0.05, 0.1) is 12.5 Å². The smallest absolute Gasteiger partial charge is 0.231 e. The van der Waals surface area contributed by atoms with Gasteiger partial charge in [-0.25, -0.2) is 4.39 Å². The Morgan fingerprint density at radius 2 is 2.12 bits per heavy atom. The van der Waals surface area contributed by atoms with Gasteiger partial charge in [0.15, 0.2) is 0 Å². The fourth-order valence-electron chi connectivity index (χ4n) is 3.11. The number of nitrogens with zero attached hydrogens (tertiary/aromatic N) is 1. The predicted octanol–water partition coefficient (Wildman–Crippen LogP) is 3.59. The first-order valence-corrected chi connectivity index (χ1v) is 8.30. The van der Waals surface area contributed by atoms with Gasteiger partial charge < -0.3 is 14.6 Å². The molecule has 0 radical (unpaired) electrons. The fourth-order valence-corrected chi connectivity index (χ4v) is 3.11. The Morgan fingerprint density at radius 1 is 1.36 bits per heavy atom. The summed E-state index contributed by atoms with van der Waals surface area (Å²) >= 11 is 0. The Balaban J connectivity index is 1.91. The zero-order chi connectivity index (χ0) is 18.1. The number of hydrogen-bond donors (Lipinski definition) is 1. The van der Waals surface area contributed by atoms with Gasteiger partial charge in [-0.3, -0.25) is 9.59 Å². The van der Waals surface area contributed by atoms with E-state index in [0.29, 0.717) is 23.6 Å². The SMILES string of the molecule is Cc1ccc(CN(C(=O)[C@H]2CC(=O)Nc3cc(F)ccc32)C(C)C)o1. The molecular formula is C19H21FN2O3. The topological polar surface area (TPSA) is 62.6 Å². The number of anilines is 1. The van der Waals surface area contributed by atoms with Gasteiger partial charge in [0.25, 0.3) is 0 Å². The van der Waals surface area contributed by atoms with Crippen LogP contribution in [0, 0.1) is 12.7 Å². The number of furan rings is 1. The van der Waals surface area contributed by atoms with Crippen LogP contribution in [0.1, 0.15) is 43.3 Å². The van der Waals surface area contributed by atoms with Crippen LogP contribution in [0.5, 0.6) is 0 Å². The van der Waals surface area contributed by atoms with Crippen LogP contribution in [0.2, 0.25) is 0 Å². The minimum atomic E-state index is -0.622. The van der Waals surface area contributed by atoms with E-state index < -0.39 is 11.7 Å². The molecule has 2 heterocycles. The van der Waals surface area contributed by atoms with Gasteiger partial charge in [-0.15, -0.1) is 0 Å². The number of benzene rings is 1. The lowest BCUT2D eigenvalue weighted by molar-refractivity contribution is -0.137. The van der Waals surface area contributed by atoms with Gasteiger partial charge in [-0.2, -0.15) is 0 Å². The maximum absolute atomic E-state index is 13.5. The highest BCUT2D eigenvalue weighted by Gasteiger charge is 2.34. The number of aryl methyl sites for hydroxylation is 1. The minimum absolute atomic E-state index is 0.0534. The van der Waals surface area contributed by atoms with Crippen molar-refractivity contribution in [1.82, 2.24) is 4.90 Å². The number of halogens is 1. The third-order valence-corrected chi connectivity index (χ3v) is 4.38. The Bertz CT molecular complexity index is 813. The minimum Gasteiger partial charge on any atom is -0.464 e. The van der Waals surface area contributed by atoms with Crippen molar-refractivity contribution < 1.29 is 18.4 Å². The summed E-state index contributed by atoms with van der Waals surface area (Å²) in [4.78, 5) is 26.8. The first-order valence-electron chi connectivity index (χ1n) is 8.30. The Labute approximate surface area is 145 Å². The summed E-state index contributed by atoms with van der Waals surface area (Å²) in [6.07, 6.45) is 0.0534. The second-order valence-corrected chi connectivity index (χ2v) is 6.61. The maximum Gasteiger partial charge on any atom is 0.231 e. The molecular weight excluding hydrogens is 323 g/mol. The van der Waals surface area contributed by atoms with Crippen LogP contribution >= 0.6 is 0 Å². The molecule has 6 heteroatoms. The maximum atomic E-state index is 13.5. The molecule has 0 spiro atoms. The standard InChI is InChI=1S/C19H21FN2O3/c1-11(2)22(10-14-6-4-12(3)25-14)19(24)16-9-18(23)21-17-8-13(20)5-7-15(16)17/h4-8,11,16H,9-10H2,1-3H3,(H,21,23)/t16-/m0/s1. The molecule has 1 aromatic heterocycles. The molecule has 1 aliphatic rings. The monoisotopic (exact) mass is 344 g/mol. The Morgan fingerprint density at radius 3 is 2.76 bits per heavy atom. The molecule has 3 rings (SSSR count). The molecule has 0 saturated heterocycles. The van der Waals surface area contributed by atoms with Gasteiger partial charge in [-0.05, 0) is 50.6 Å². The van der Waals surface area contributed by atoms with Crippen molar-refractivity contribution in [3.05, 3.63) is 53.2 Å². The summed E-state index contributed by atoms with van der Waals surface area (Å²) in [7, 11) is 0. The molecule has 5 nitrogen and oxygen atoms in total. The van der Waals surface area contributed by atoms with Crippen LogP contribution in [0.25, 0.3) is 0 Å². The van der Waals surface area contributed by atoms with Crippen LogP contribution in [-0.4, -0.2) is 22.8 Å². The van der Waals surface area contributed by atoms with Gasteiger partial charge in [0.1, 0.15) is 17.3 Å². The molecule has 1 atom stereocenters. The summed E-state index contributed by atoms with van der Waals surface area (Å²) in [5, 5.41) is 2.64. The largest absolute Gasteiger partial charge is 0.464 e. The molecule has 2 aromatic rings. The van der Waals surface area contributed by atoms with Crippen LogP contribution in [0.4, 0.5) is 10.1 Å². The summed E-state index contributed by atoms with van der Waals surface area (Å²) in [5.74, 6) is -0.0364. The summed E-state index contributed by atoms with van der Waals surface area (Å²) in [6, 6.07) is 7.77. The van der Waals surface area contributed by atoms with E-state index >= 15 is 0 Å². The molecule has 2 amide bonds. The molecule has 0 aliphatic carbocycles. The van der Waals surface area contributed by atoms with Crippen LogP contribution in [0.15, 0.2) is 34.7 Å². The second-order valence-electron chi connectivity index (χ2n) is 6.61. The number of carbonyl (C=O) groups excluding carboxylic acids is 2. The van der Waals surface area contributed by atoms with E-state index in [-0.39, 0.29) is 24.3 Å². The molecule has 1 aliphatic heterocycles. The van der Waals surface area contributed by atoms with Gasteiger partial charge >= 0.3 is 0 Å². The van der Waals surface area contributed by atoms with Gasteiger partial charge in [0, 0.05) is 18.2 Å². The zero-order valence-electron chi connectivity index (χ0n) is 14.5. The molecule has 0 unspecified atom stereocenters. The highest BCUT2D eigenvalue weighted by atomic mass is 19.1. The van der Waals surface area contributed by atoms with Crippen LogP contribution in [0.3, 0.4) is 0 Å². The predicted molar refractivity (Wildman–Crippen MR) is 91.5 cm³/mol. The lowest BCUT2D eigenvalue weighted by Crippen LogP contribution is -2.41.